The van der Waals surface area contributed by atoms with Gasteiger partial charge in [-0.1, -0.05) is 0 Å². The summed E-state index contributed by atoms with van der Waals surface area (Å²) in [6.45, 7) is 0. The van der Waals surface area contributed by atoms with Gasteiger partial charge in [0.15, 0.2) is 0 Å². The first-order valence-electron chi connectivity index (χ1n) is 0.651. The molecule has 0 fully saturated rings. The van der Waals surface area contributed by atoms with E-state index in [1.807, 2.05) is 0 Å². The molecule has 0 spiro atoms. The SMILES string of the molecule is O=C(O)O.[Li]. The van der Waals surface area contributed by atoms with Crippen molar-refractivity contribution < 1.29 is 15.0 Å². The van der Waals surface area contributed by atoms with Gasteiger partial charge >= 0.3 is 6.16 Å². The summed E-state index contributed by atoms with van der Waals surface area (Å²) in [6, 6.07) is 0. The summed E-state index contributed by atoms with van der Waals surface area (Å²) in [6.07, 6.45) is -1.83. The van der Waals surface area contributed by atoms with Crippen LogP contribution in [0, 0.1) is 0 Å². The van der Waals surface area contributed by atoms with Gasteiger partial charge in [-0.2, -0.15) is 0 Å². The van der Waals surface area contributed by atoms with Crippen LogP contribution in [-0.2, 0) is 0 Å². The third-order valence-electron chi connectivity index (χ3n) is 0. The van der Waals surface area contributed by atoms with Gasteiger partial charge in [-0.05, 0) is 0 Å². The first-order valence-corrected chi connectivity index (χ1v) is 0.651. The molecule has 1 radical (unpaired) electrons. The Balaban J connectivity index is 0. The summed E-state index contributed by atoms with van der Waals surface area (Å²) < 4.78 is 0. The van der Waals surface area contributed by atoms with Crippen LogP contribution in [0.1, 0.15) is 0 Å². The van der Waals surface area contributed by atoms with Crippen molar-refractivity contribution >= 4 is 25.0 Å². The van der Waals surface area contributed by atoms with Crippen LogP contribution >= 0.6 is 0 Å². The van der Waals surface area contributed by atoms with E-state index in [9.17, 15) is 0 Å². The zero-order valence-electron chi connectivity index (χ0n) is 2.80. The molecule has 4 heteroatoms. The fourth-order valence-electron chi connectivity index (χ4n) is 0. The maximum absolute atomic E-state index is 8.56. The van der Waals surface area contributed by atoms with Crippen LogP contribution in [0.25, 0.3) is 0 Å². The molecule has 0 aromatic rings. The van der Waals surface area contributed by atoms with E-state index in [0.717, 1.165) is 0 Å². The number of hydrogen-bond acceptors (Lipinski definition) is 1. The number of carbonyl (C=O) groups is 1. The molecule has 0 unspecified atom stereocenters. The van der Waals surface area contributed by atoms with Crippen molar-refractivity contribution in [2.24, 2.45) is 0 Å². The van der Waals surface area contributed by atoms with Gasteiger partial charge in [0.05, 0.1) is 0 Å². The Bertz CT molecular complexity index is 29.9. The molecule has 0 aliphatic rings. The van der Waals surface area contributed by atoms with Crippen LogP contribution in [-0.4, -0.2) is 35.2 Å². The first kappa shape index (κ1) is 8.85. The maximum atomic E-state index is 8.56. The molecule has 0 aromatic carbocycles. The van der Waals surface area contributed by atoms with E-state index < -0.39 is 6.16 Å². The number of hydrogen-bond donors (Lipinski definition) is 2. The number of carboxylic acid groups (broad SMARTS) is 2. The van der Waals surface area contributed by atoms with Crippen LogP contribution in [0.15, 0.2) is 0 Å². The second-order valence-corrected chi connectivity index (χ2v) is 0.283. The van der Waals surface area contributed by atoms with Crippen LogP contribution in [0.3, 0.4) is 0 Å². The Morgan fingerprint density at radius 1 is 1.40 bits per heavy atom. The van der Waals surface area contributed by atoms with E-state index in [2.05, 4.69) is 0 Å². The Labute approximate surface area is 40.8 Å². The molecule has 0 atom stereocenters. The molecule has 3 nitrogen and oxygen atoms in total. The Kier molecular flexibility index (Phi) is 6.85. The molecule has 25 valence electrons. The minimum Gasteiger partial charge on any atom is -0.450 e. The largest absolute Gasteiger partial charge is 0.503 e. The van der Waals surface area contributed by atoms with Crippen molar-refractivity contribution in [3.63, 3.8) is 0 Å². The fraction of sp³-hybridized carbons (Fsp3) is 0. The third kappa shape index (κ3) is 767. The van der Waals surface area contributed by atoms with Crippen molar-refractivity contribution in [3.8, 4) is 0 Å². The molecule has 2 N–H and O–H groups in total. The van der Waals surface area contributed by atoms with E-state index in [0.29, 0.717) is 0 Å². The summed E-state index contributed by atoms with van der Waals surface area (Å²) in [7, 11) is 0. The predicted octanol–water partition coefficient (Wildman–Crippen LogP) is -0.158. The van der Waals surface area contributed by atoms with Gasteiger partial charge in [-0.25, -0.2) is 4.79 Å². The molecule has 0 rings (SSSR count). The van der Waals surface area contributed by atoms with E-state index >= 15 is 0 Å². The summed E-state index contributed by atoms with van der Waals surface area (Å²) in [5.74, 6) is 0. The van der Waals surface area contributed by atoms with E-state index in [1.54, 1.807) is 0 Å². The second-order valence-electron chi connectivity index (χ2n) is 0.283. The molecule has 0 aromatic heterocycles. The minimum absolute atomic E-state index is 0. The standard InChI is InChI=1S/CH2O3.Li/c2-1(3)4;/h(H2,2,3,4);. The van der Waals surface area contributed by atoms with E-state index in [-0.39, 0.29) is 18.9 Å². The monoisotopic (exact) mass is 69.0 g/mol. The van der Waals surface area contributed by atoms with Gasteiger partial charge in [-0.15, -0.1) is 0 Å². The molecule has 0 heterocycles. The number of rotatable bonds is 0. The van der Waals surface area contributed by atoms with E-state index in [4.69, 9.17) is 15.0 Å². The average Bonchev–Trinajstić information content (AvgIpc) is 0.811. The van der Waals surface area contributed by atoms with Crippen molar-refractivity contribution in [2.75, 3.05) is 0 Å². The molecule has 0 bridgehead atoms. The zero-order chi connectivity index (χ0) is 3.58. The van der Waals surface area contributed by atoms with Gasteiger partial charge < -0.3 is 10.2 Å². The molecular weight excluding hydrogens is 66.9 g/mol. The fourth-order valence-corrected chi connectivity index (χ4v) is 0. The van der Waals surface area contributed by atoms with Crippen LogP contribution < -0.4 is 0 Å². The molecule has 0 saturated heterocycles. The molecular formula is CH2LiO3. The summed E-state index contributed by atoms with van der Waals surface area (Å²) in [5.41, 5.74) is 0. The normalized spacial score (nSPS) is 4.80. The van der Waals surface area contributed by atoms with Crippen LogP contribution in [0.5, 0.6) is 0 Å². The van der Waals surface area contributed by atoms with Crippen LogP contribution in [0.2, 0.25) is 0 Å². The van der Waals surface area contributed by atoms with Gasteiger partial charge in [0.25, 0.3) is 0 Å². The molecule has 0 saturated carbocycles. The molecule has 0 amide bonds. The predicted molar refractivity (Wildman–Crippen MR) is 16.4 cm³/mol. The summed E-state index contributed by atoms with van der Waals surface area (Å²) in [4.78, 5) is 8.56. The maximum Gasteiger partial charge on any atom is 0.503 e. The molecule has 0 aliphatic heterocycles. The topological polar surface area (TPSA) is 57.5 Å². The zero-order valence-corrected chi connectivity index (χ0v) is 2.80. The average molecular weight is 69.0 g/mol. The minimum atomic E-state index is -1.83. The van der Waals surface area contributed by atoms with Gasteiger partial charge in [0, 0.05) is 18.9 Å². The van der Waals surface area contributed by atoms with Crippen molar-refractivity contribution in [3.05, 3.63) is 0 Å². The van der Waals surface area contributed by atoms with E-state index in [1.165, 1.54) is 0 Å². The van der Waals surface area contributed by atoms with Gasteiger partial charge in [-0.3, -0.25) is 0 Å². The first-order chi connectivity index (χ1) is 1.73. The molecule has 0 aliphatic carbocycles. The summed E-state index contributed by atoms with van der Waals surface area (Å²) >= 11 is 0. The van der Waals surface area contributed by atoms with Crippen molar-refractivity contribution in [1.82, 2.24) is 0 Å². The third-order valence-corrected chi connectivity index (χ3v) is 0. The summed E-state index contributed by atoms with van der Waals surface area (Å²) in [5, 5.41) is 13.9. The Morgan fingerprint density at radius 3 is 1.40 bits per heavy atom. The van der Waals surface area contributed by atoms with Crippen molar-refractivity contribution in [2.45, 2.75) is 0 Å². The Morgan fingerprint density at radius 2 is 1.40 bits per heavy atom. The Hall–Kier alpha value is -0.133. The van der Waals surface area contributed by atoms with Gasteiger partial charge in [0.1, 0.15) is 0 Å². The van der Waals surface area contributed by atoms with Crippen LogP contribution in [0.4, 0.5) is 4.79 Å². The molecule has 5 heavy (non-hydrogen) atoms. The quantitative estimate of drug-likeness (QED) is 0.388. The smallest absolute Gasteiger partial charge is 0.450 e. The second kappa shape index (κ2) is 3.87. The van der Waals surface area contributed by atoms with Gasteiger partial charge in [0.2, 0.25) is 0 Å². The van der Waals surface area contributed by atoms with Crippen molar-refractivity contribution in [1.29, 1.82) is 0 Å².